The highest BCUT2D eigenvalue weighted by molar-refractivity contribution is 5.95. The van der Waals surface area contributed by atoms with Crippen molar-refractivity contribution in [2.45, 2.75) is 20.0 Å². The highest BCUT2D eigenvalue weighted by Crippen LogP contribution is 2.28. The third-order valence-electron chi connectivity index (χ3n) is 2.57. The first-order valence-corrected chi connectivity index (χ1v) is 6.37. The van der Waals surface area contributed by atoms with Crippen LogP contribution < -0.4 is 15.4 Å². The molecule has 0 bridgehead atoms. The third-order valence-corrected chi connectivity index (χ3v) is 2.57. The molecule has 2 N–H and O–H groups in total. The molecule has 7 nitrogen and oxygen atoms in total. The quantitative estimate of drug-likeness (QED) is 0.581. The van der Waals surface area contributed by atoms with Crippen molar-refractivity contribution in [3.8, 4) is 5.75 Å². The Labute approximate surface area is 117 Å². The summed E-state index contributed by atoms with van der Waals surface area (Å²) in [6, 6.07) is 4.20. The van der Waals surface area contributed by atoms with Crippen LogP contribution in [0.25, 0.3) is 0 Å². The van der Waals surface area contributed by atoms with E-state index in [0.717, 1.165) is 0 Å². The van der Waals surface area contributed by atoms with Crippen molar-refractivity contribution in [3.05, 3.63) is 33.9 Å². The maximum absolute atomic E-state index is 11.7. The molecule has 110 valence electrons. The average Bonchev–Trinajstić information content (AvgIpc) is 2.39. The Balaban J connectivity index is 3.02. The molecule has 0 radical (unpaired) electrons. The first-order valence-electron chi connectivity index (χ1n) is 6.37. The van der Waals surface area contributed by atoms with Gasteiger partial charge >= 0.3 is 5.69 Å². The molecule has 0 aromatic heterocycles. The number of hydrogen-bond donors (Lipinski definition) is 2. The molecule has 0 fully saturated rings. The number of nitro benzene ring substituents is 1. The van der Waals surface area contributed by atoms with Gasteiger partial charge in [0, 0.05) is 24.7 Å². The summed E-state index contributed by atoms with van der Waals surface area (Å²) in [5.74, 6) is -0.184. The van der Waals surface area contributed by atoms with Crippen LogP contribution in [0.3, 0.4) is 0 Å². The number of carbonyl (C=O) groups excluding carboxylic acids is 1. The molecular weight excluding hydrogens is 262 g/mol. The summed E-state index contributed by atoms with van der Waals surface area (Å²) in [6.45, 7) is 4.61. The fraction of sp³-hybridized carbons (Fsp3) is 0.462. The number of likely N-dealkylation sites (N-methyl/N-ethyl adjacent to an activating group) is 1. The monoisotopic (exact) mass is 281 g/mol. The lowest BCUT2D eigenvalue weighted by molar-refractivity contribution is -0.386. The molecule has 20 heavy (non-hydrogen) atoms. The number of hydrogen-bond acceptors (Lipinski definition) is 5. The minimum absolute atomic E-state index is 0.158. The van der Waals surface area contributed by atoms with Gasteiger partial charge in [0.05, 0.1) is 4.92 Å². The lowest BCUT2D eigenvalue weighted by atomic mass is 10.1. The van der Waals surface area contributed by atoms with Crippen LogP contribution in [0, 0.1) is 10.1 Å². The Hall–Kier alpha value is -2.15. The predicted molar refractivity (Wildman–Crippen MR) is 75.1 cm³/mol. The number of nitrogens with one attached hydrogen (secondary N) is 2. The Morgan fingerprint density at radius 2 is 2.20 bits per heavy atom. The average molecular weight is 281 g/mol. The van der Waals surface area contributed by atoms with Gasteiger partial charge in [0.25, 0.3) is 5.91 Å². The molecule has 0 saturated heterocycles. The zero-order chi connectivity index (χ0) is 15.1. The van der Waals surface area contributed by atoms with Gasteiger partial charge in [-0.1, -0.05) is 0 Å². The molecule has 1 rings (SSSR count). The Bertz CT molecular complexity index is 491. The standard InChI is InChI=1S/C13H19N3O4/c1-4-15-13(17)10-5-6-12(11(7-10)16(18)19)20-9(2)8-14-3/h5-7,9,14H,4,8H2,1-3H3,(H,15,17). The third kappa shape index (κ3) is 4.20. The molecule has 1 atom stereocenters. The predicted octanol–water partition coefficient (Wildman–Crippen LogP) is 1.33. The Kier molecular flexibility index (Phi) is 5.92. The van der Waals surface area contributed by atoms with Gasteiger partial charge in [-0.2, -0.15) is 0 Å². The van der Waals surface area contributed by atoms with Crippen LogP contribution in [-0.2, 0) is 0 Å². The van der Waals surface area contributed by atoms with Gasteiger partial charge in [-0.25, -0.2) is 0 Å². The SMILES string of the molecule is CCNC(=O)c1ccc(OC(C)CNC)c([N+](=O)[O-])c1. The Morgan fingerprint density at radius 1 is 1.50 bits per heavy atom. The van der Waals surface area contributed by atoms with Gasteiger partial charge in [0.1, 0.15) is 6.10 Å². The molecule has 0 aliphatic heterocycles. The van der Waals surface area contributed by atoms with E-state index in [1.165, 1.54) is 18.2 Å². The smallest absolute Gasteiger partial charge is 0.311 e. The van der Waals surface area contributed by atoms with Crippen molar-refractivity contribution in [3.63, 3.8) is 0 Å². The molecule has 1 amide bonds. The second-order valence-electron chi connectivity index (χ2n) is 4.29. The molecule has 0 heterocycles. The van der Waals surface area contributed by atoms with E-state index in [1.54, 1.807) is 20.9 Å². The zero-order valence-corrected chi connectivity index (χ0v) is 11.8. The van der Waals surface area contributed by atoms with Crippen LogP contribution in [0.1, 0.15) is 24.2 Å². The van der Waals surface area contributed by atoms with Crippen molar-refractivity contribution < 1.29 is 14.5 Å². The number of rotatable bonds is 7. The van der Waals surface area contributed by atoms with Gasteiger partial charge in [0.15, 0.2) is 5.75 Å². The van der Waals surface area contributed by atoms with Gasteiger partial charge < -0.3 is 15.4 Å². The summed E-state index contributed by atoms with van der Waals surface area (Å²) in [5.41, 5.74) is 0.0314. The largest absolute Gasteiger partial charge is 0.482 e. The maximum atomic E-state index is 11.7. The molecule has 1 unspecified atom stereocenters. The minimum atomic E-state index is -0.551. The minimum Gasteiger partial charge on any atom is -0.482 e. The summed E-state index contributed by atoms with van der Waals surface area (Å²) in [4.78, 5) is 22.2. The van der Waals surface area contributed by atoms with Gasteiger partial charge in [-0.15, -0.1) is 0 Å². The first kappa shape index (κ1) is 15.9. The van der Waals surface area contributed by atoms with Crippen molar-refractivity contribution in [2.75, 3.05) is 20.1 Å². The van der Waals surface area contributed by atoms with Crippen molar-refractivity contribution >= 4 is 11.6 Å². The molecule has 7 heteroatoms. The number of nitrogens with zero attached hydrogens (tertiary/aromatic N) is 1. The van der Waals surface area contributed by atoms with Crippen LogP contribution in [0.15, 0.2) is 18.2 Å². The van der Waals surface area contributed by atoms with E-state index in [9.17, 15) is 14.9 Å². The molecular formula is C13H19N3O4. The van der Waals surface area contributed by atoms with Crippen LogP contribution in [-0.4, -0.2) is 37.1 Å². The lowest BCUT2D eigenvalue weighted by Crippen LogP contribution is -2.26. The summed E-state index contributed by atoms with van der Waals surface area (Å²) >= 11 is 0. The molecule has 1 aromatic carbocycles. The van der Waals surface area contributed by atoms with E-state index in [1.807, 2.05) is 0 Å². The van der Waals surface area contributed by atoms with Gasteiger partial charge in [0.2, 0.25) is 0 Å². The fourth-order valence-electron chi connectivity index (χ4n) is 1.71. The zero-order valence-electron chi connectivity index (χ0n) is 11.8. The Morgan fingerprint density at radius 3 is 2.75 bits per heavy atom. The lowest BCUT2D eigenvalue weighted by Gasteiger charge is -2.14. The summed E-state index contributed by atoms with van der Waals surface area (Å²) < 4.78 is 5.51. The van der Waals surface area contributed by atoms with E-state index < -0.39 is 4.92 Å². The highest BCUT2D eigenvalue weighted by atomic mass is 16.6. The summed E-state index contributed by atoms with van der Waals surface area (Å²) in [5, 5.41) is 16.6. The second-order valence-corrected chi connectivity index (χ2v) is 4.29. The number of nitro groups is 1. The van der Waals surface area contributed by atoms with Crippen LogP contribution in [0.2, 0.25) is 0 Å². The van der Waals surface area contributed by atoms with Crippen molar-refractivity contribution in [2.24, 2.45) is 0 Å². The summed E-state index contributed by atoms with van der Waals surface area (Å²) in [7, 11) is 1.77. The van der Waals surface area contributed by atoms with Gasteiger partial charge in [-0.3, -0.25) is 14.9 Å². The van der Waals surface area contributed by atoms with E-state index in [0.29, 0.717) is 13.1 Å². The van der Waals surface area contributed by atoms with E-state index in [4.69, 9.17) is 4.74 Å². The number of ether oxygens (including phenoxy) is 1. The maximum Gasteiger partial charge on any atom is 0.311 e. The second kappa shape index (κ2) is 7.44. The first-order chi connectivity index (χ1) is 9.49. The molecule has 0 saturated carbocycles. The molecule has 1 aromatic rings. The fourth-order valence-corrected chi connectivity index (χ4v) is 1.71. The number of carbonyl (C=O) groups is 1. The molecule has 0 aliphatic rings. The highest BCUT2D eigenvalue weighted by Gasteiger charge is 2.20. The van der Waals surface area contributed by atoms with E-state index in [-0.39, 0.29) is 29.0 Å². The van der Waals surface area contributed by atoms with Crippen molar-refractivity contribution in [1.29, 1.82) is 0 Å². The number of amides is 1. The normalized spacial score (nSPS) is 11.8. The number of benzene rings is 1. The molecule has 0 aliphatic carbocycles. The van der Waals surface area contributed by atoms with Crippen LogP contribution >= 0.6 is 0 Å². The van der Waals surface area contributed by atoms with E-state index >= 15 is 0 Å². The van der Waals surface area contributed by atoms with Crippen molar-refractivity contribution in [1.82, 2.24) is 10.6 Å². The topological polar surface area (TPSA) is 93.5 Å². The van der Waals surface area contributed by atoms with Crippen LogP contribution in [0.4, 0.5) is 5.69 Å². The summed E-state index contributed by atoms with van der Waals surface area (Å²) in [6.07, 6.45) is -0.214. The van der Waals surface area contributed by atoms with E-state index in [2.05, 4.69) is 10.6 Å². The molecule has 0 spiro atoms. The van der Waals surface area contributed by atoms with Crippen LogP contribution in [0.5, 0.6) is 5.75 Å². The van der Waals surface area contributed by atoms with Gasteiger partial charge in [-0.05, 0) is 33.0 Å².